The Kier molecular flexibility index (Phi) is 3.36. The first-order chi connectivity index (χ1) is 7.74. The molecule has 1 saturated carbocycles. The zero-order valence-corrected chi connectivity index (χ0v) is 12.5. The third-order valence-electron chi connectivity index (χ3n) is 5.37. The van der Waals surface area contributed by atoms with E-state index in [9.17, 15) is 0 Å². The zero-order chi connectivity index (χ0) is 12.7. The predicted octanol–water partition coefficient (Wildman–Crippen LogP) is 4.23. The van der Waals surface area contributed by atoms with Crippen molar-refractivity contribution < 1.29 is 0 Å². The molecule has 0 unspecified atom stereocenters. The largest absolute Gasteiger partial charge is 0.316 e. The minimum atomic E-state index is 0.446. The van der Waals surface area contributed by atoms with Crippen LogP contribution < -0.4 is 5.32 Å². The van der Waals surface area contributed by atoms with Gasteiger partial charge in [0.1, 0.15) is 0 Å². The van der Waals surface area contributed by atoms with Gasteiger partial charge in [-0.05, 0) is 60.8 Å². The lowest BCUT2D eigenvalue weighted by Crippen LogP contribution is -2.46. The highest BCUT2D eigenvalue weighted by Crippen LogP contribution is 2.55. The molecule has 2 aliphatic heterocycles. The molecule has 0 aromatic carbocycles. The van der Waals surface area contributed by atoms with Crippen LogP contribution in [0.3, 0.4) is 0 Å². The van der Waals surface area contributed by atoms with Crippen LogP contribution in [0.1, 0.15) is 66.7 Å². The minimum Gasteiger partial charge on any atom is -0.316 e. The van der Waals surface area contributed by atoms with Crippen molar-refractivity contribution in [1.82, 2.24) is 5.32 Å². The summed E-state index contributed by atoms with van der Waals surface area (Å²) < 4.78 is 0. The van der Waals surface area contributed by atoms with Crippen LogP contribution in [-0.4, -0.2) is 13.1 Å². The normalized spacial score (nSPS) is 34.8. The van der Waals surface area contributed by atoms with Crippen molar-refractivity contribution in [1.29, 1.82) is 0 Å². The Morgan fingerprint density at radius 2 is 1.65 bits per heavy atom. The Hall–Kier alpha value is -0.0400. The fourth-order valence-corrected chi connectivity index (χ4v) is 4.56. The SMILES string of the molecule is CC(C)(C)CC(C)(C)C12CCC(CC1)CNC2. The Morgan fingerprint density at radius 3 is 2.18 bits per heavy atom. The molecule has 0 radical (unpaired) electrons. The molecule has 0 amide bonds. The van der Waals surface area contributed by atoms with Crippen LogP contribution in [0.5, 0.6) is 0 Å². The lowest BCUT2D eigenvalue weighted by atomic mass is 9.54. The number of fused-ring (bicyclic) bond motifs is 4. The van der Waals surface area contributed by atoms with Gasteiger partial charge in [0.2, 0.25) is 0 Å². The molecule has 0 aromatic heterocycles. The fraction of sp³-hybridized carbons (Fsp3) is 1.00. The van der Waals surface area contributed by atoms with Crippen molar-refractivity contribution in [3.8, 4) is 0 Å². The Bertz CT molecular complexity index is 258. The van der Waals surface area contributed by atoms with E-state index in [2.05, 4.69) is 39.9 Å². The maximum absolute atomic E-state index is 3.74. The Labute approximate surface area is 108 Å². The van der Waals surface area contributed by atoms with Crippen LogP contribution in [0.2, 0.25) is 0 Å². The van der Waals surface area contributed by atoms with E-state index in [-0.39, 0.29) is 0 Å². The summed E-state index contributed by atoms with van der Waals surface area (Å²) in [7, 11) is 0. The molecule has 1 nitrogen and oxygen atoms in total. The van der Waals surface area contributed by atoms with Gasteiger partial charge in [0.05, 0.1) is 0 Å². The number of nitrogens with one attached hydrogen (secondary N) is 1. The smallest absolute Gasteiger partial charge is 0.00130 e. The summed E-state index contributed by atoms with van der Waals surface area (Å²) in [5.41, 5.74) is 1.47. The molecular formula is C16H31N. The van der Waals surface area contributed by atoms with Crippen molar-refractivity contribution in [3.63, 3.8) is 0 Å². The van der Waals surface area contributed by atoms with Crippen LogP contribution in [0.15, 0.2) is 0 Å². The van der Waals surface area contributed by atoms with Crippen LogP contribution in [0.25, 0.3) is 0 Å². The Balaban J connectivity index is 2.18. The lowest BCUT2D eigenvalue weighted by molar-refractivity contribution is -0.00149. The van der Waals surface area contributed by atoms with Gasteiger partial charge >= 0.3 is 0 Å². The molecule has 0 aromatic rings. The maximum Gasteiger partial charge on any atom is 0.00130 e. The van der Waals surface area contributed by atoms with Crippen molar-refractivity contribution in [3.05, 3.63) is 0 Å². The van der Waals surface area contributed by atoms with Crippen LogP contribution in [0.4, 0.5) is 0 Å². The zero-order valence-electron chi connectivity index (χ0n) is 12.5. The first kappa shape index (κ1) is 13.4. The number of hydrogen-bond donors (Lipinski definition) is 1. The summed E-state index contributed by atoms with van der Waals surface area (Å²) in [4.78, 5) is 0. The molecule has 2 bridgehead atoms. The van der Waals surface area contributed by atoms with Gasteiger partial charge in [0.25, 0.3) is 0 Å². The summed E-state index contributed by atoms with van der Waals surface area (Å²) in [5.74, 6) is 0.969. The van der Waals surface area contributed by atoms with Crippen LogP contribution >= 0.6 is 0 Å². The fourth-order valence-electron chi connectivity index (χ4n) is 4.56. The van der Waals surface area contributed by atoms with E-state index < -0.39 is 0 Å². The monoisotopic (exact) mass is 237 g/mol. The van der Waals surface area contributed by atoms with Gasteiger partial charge in [-0.2, -0.15) is 0 Å². The van der Waals surface area contributed by atoms with Gasteiger partial charge in [-0.3, -0.25) is 0 Å². The van der Waals surface area contributed by atoms with E-state index in [0.29, 0.717) is 16.2 Å². The topological polar surface area (TPSA) is 12.0 Å². The van der Waals surface area contributed by atoms with Gasteiger partial charge < -0.3 is 5.32 Å². The van der Waals surface area contributed by atoms with Crippen molar-refractivity contribution in [2.45, 2.75) is 66.7 Å². The van der Waals surface area contributed by atoms with Crippen molar-refractivity contribution >= 4 is 0 Å². The molecule has 2 saturated heterocycles. The average molecular weight is 237 g/mol. The second-order valence-corrected chi connectivity index (χ2v) is 8.48. The molecule has 3 aliphatic rings. The molecule has 1 heteroatoms. The van der Waals surface area contributed by atoms with Crippen molar-refractivity contribution in [2.24, 2.45) is 22.2 Å². The molecule has 100 valence electrons. The molecule has 2 heterocycles. The van der Waals surface area contributed by atoms with Gasteiger partial charge in [-0.1, -0.05) is 34.6 Å². The van der Waals surface area contributed by atoms with Gasteiger partial charge in [-0.25, -0.2) is 0 Å². The highest BCUT2D eigenvalue weighted by Gasteiger charge is 2.49. The molecule has 3 fully saturated rings. The minimum absolute atomic E-state index is 0.446. The second kappa shape index (κ2) is 4.26. The van der Waals surface area contributed by atoms with Gasteiger partial charge in [0, 0.05) is 6.54 Å². The van der Waals surface area contributed by atoms with Crippen LogP contribution in [0, 0.1) is 22.2 Å². The summed E-state index contributed by atoms with van der Waals surface area (Å²) in [6.45, 7) is 14.7. The predicted molar refractivity (Wildman–Crippen MR) is 75.1 cm³/mol. The third-order valence-corrected chi connectivity index (χ3v) is 5.37. The van der Waals surface area contributed by atoms with Gasteiger partial charge in [-0.15, -0.1) is 0 Å². The molecule has 17 heavy (non-hydrogen) atoms. The molecule has 1 aliphatic carbocycles. The molecule has 0 atom stereocenters. The summed E-state index contributed by atoms with van der Waals surface area (Å²) in [6, 6.07) is 0. The van der Waals surface area contributed by atoms with Crippen LogP contribution in [-0.2, 0) is 0 Å². The van der Waals surface area contributed by atoms with E-state index in [1.165, 1.54) is 45.2 Å². The van der Waals surface area contributed by atoms with E-state index in [4.69, 9.17) is 0 Å². The molecular weight excluding hydrogens is 206 g/mol. The number of rotatable bonds is 2. The van der Waals surface area contributed by atoms with E-state index in [1.807, 2.05) is 0 Å². The second-order valence-electron chi connectivity index (χ2n) is 8.48. The summed E-state index contributed by atoms with van der Waals surface area (Å²) >= 11 is 0. The summed E-state index contributed by atoms with van der Waals surface area (Å²) in [6.07, 6.45) is 7.16. The van der Waals surface area contributed by atoms with E-state index >= 15 is 0 Å². The number of hydrogen-bond acceptors (Lipinski definition) is 1. The third kappa shape index (κ3) is 2.70. The molecule has 1 N–H and O–H groups in total. The average Bonchev–Trinajstić information content (AvgIpc) is 2.47. The van der Waals surface area contributed by atoms with E-state index in [0.717, 1.165) is 5.92 Å². The van der Waals surface area contributed by atoms with Crippen molar-refractivity contribution in [2.75, 3.05) is 13.1 Å². The molecule has 3 rings (SSSR count). The highest BCUT2D eigenvalue weighted by atomic mass is 14.9. The lowest BCUT2D eigenvalue weighted by Gasteiger charge is -2.51. The first-order valence-corrected chi connectivity index (χ1v) is 7.45. The Morgan fingerprint density at radius 1 is 1.06 bits per heavy atom. The van der Waals surface area contributed by atoms with Gasteiger partial charge in [0.15, 0.2) is 0 Å². The quantitative estimate of drug-likeness (QED) is 0.758. The first-order valence-electron chi connectivity index (χ1n) is 7.45. The summed E-state index contributed by atoms with van der Waals surface area (Å²) in [5, 5.41) is 3.74. The standard InChI is InChI=1S/C16H31N/c1-14(2,3)11-15(4,5)16-8-6-13(7-9-16)10-17-12-16/h13,17H,6-12H2,1-5H3. The van der Waals surface area contributed by atoms with E-state index in [1.54, 1.807) is 0 Å². The maximum atomic E-state index is 3.74. The molecule has 0 spiro atoms. The highest BCUT2D eigenvalue weighted by molar-refractivity contribution is 5.01.